The highest BCUT2D eigenvalue weighted by Crippen LogP contribution is 2.27. The van der Waals surface area contributed by atoms with E-state index in [0.29, 0.717) is 22.8 Å². The molecular weight excluding hydrogens is 418 g/mol. The number of H-pyrrole nitrogens is 1. The number of amides is 1. The zero-order valence-electron chi connectivity index (χ0n) is 18.3. The highest BCUT2D eigenvalue weighted by molar-refractivity contribution is 5.94. The molecule has 5 rings (SSSR count). The SMILES string of the molecule is COc1ccc2nc(-c3nc(-c4ccc(C(=O)N5CCCNCC5)cc4)cnc3N)[nH]c2c1. The van der Waals surface area contributed by atoms with E-state index >= 15 is 0 Å². The van der Waals surface area contributed by atoms with Crippen molar-refractivity contribution >= 4 is 22.8 Å². The van der Waals surface area contributed by atoms with Gasteiger partial charge in [-0.2, -0.15) is 0 Å². The van der Waals surface area contributed by atoms with E-state index in [1.807, 2.05) is 47.4 Å². The van der Waals surface area contributed by atoms with E-state index < -0.39 is 0 Å². The standard InChI is InChI=1S/C24H25N7O2/c1-33-17-7-8-18-19(13-17)30-23(29-18)21-22(25)27-14-20(28-21)15-3-5-16(6-4-15)24(32)31-11-2-9-26-10-12-31/h3-8,13-14,26H,2,9-12H2,1H3,(H2,25,27)(H,29,30). The number of anilines is 1. The van der Waals surface area contributed by atoms with Gasteiger partial charge in [0.15, 0.2) is 11.6 Å². The van der Waals surface area contributed by atoms with Gasteiger partial charge in [-0.15, -0.1) is 0 Å². The van der Waals surface area contributed by atoms with Gasteiger partial charge in [0.05, 0.1) is 30.0 Å². The van der Waals surface area contributed by atoms with E-state index in [-0.39, 0.29) is 11.7 Å². The Bertz CT molecular complexity index is 1290. The molecule has 1 fully saturated rings. The van der Waals surface area contributed by atoms with Gasteiger partial charge in [-0.05, 0) is 37.2 Å². The Morgan fingerprint density at radius 3 is 2.76 bits per heavy atom. The Morgan fingerprint density at radius 2 is 1.94 bits per heavy atom. The number of aromatic nitrogens is 4. The van der Waals surface area contributed by atoms with E-state index in [2.05, 4.69) is 20.3 Å². The highest BCUT2D eigenvalue weighted by atomic mass is 16.5. The summed E-state index contributed by atoms with van der Waals surface area (Å²) < 4.78 is 5.28. The fourth-order valence-corrected chi connectivity index (χ4v) is 3.95. The van der Waals surface area contributed by atoms with Crippen molar-refractivity contribution in [3.63, 3.8) is 0 Å². The molecule has 3 heterocycles. The van der Waals surface area contributed by atoms with Gasteiger partial charge in [0.1, 0.15) is 11.4 Å². The van der Waals surface area contributed by atoms with Crippen LogP contribution >= 0.6 is 0 Å². The van der Waals surface area contributed by atoms with Gasteiger partial charge in [-0.1, -0.05) is 12.1 Å². The van der Waals surface area contributed by atoms with Gasteiger partial charge in [0, 0.05) is 36.8 Å². The molecule has 0 bridgehead atoms. The fourth-order valence-electron chi connectivity index (χ4n) is 3.95. The van der Waals surface area contributed by atoms with Crippen LogP contribution in [0.3, 0.4) is 0 Å². The van der Waals surface area contributed by atoms with Crippen molar-refractivity contribution in [3.8, 4) is 28.5 Å². The summed E-state index contributed by atoms with van der Waals surface area (Å²) in [6.07, 6.45) is 2.59. The molecule has 168 valence electrons. The van der Waals surface area contributed by atoms with Crippen molar-refractivity contribution in [2.75, 3.05) is 39.0 Å². The average molecular weight is 444 g/mol. The number of nitrogens with zero attached hydrogens (tertiary/aromatic N) is 4. The first-order chi connectivity index (χ1) is 16.1. The van der Waals surface area contributed by atoms with Crippen molar-refractivity contribution in [1.29, 1.82) is 0 Å². The van der Waals surface area contributed by atoms with Gasteiger partial charge >= 0.3 is 0 Å². The molecule has 0 saturated carbocycles. The Kier molecular flexibility index (Phi) is 5.62. The number of imidazole rings is 1. The Labute approximate surface area is 191 Å². The second kappa shape index (κ2) is 8.87. The number of ether oxygens (including phenoxy) is 1. The Hall–Kier alpha value is -3.98. The highest BCUT2D eigenvalue weighted by Gasteiger charge is 2.18. The molecule has 1 saturated heterocycles. The van der Waals surface area contributed by atoms with Gasteiger partial charge < -0.3 is 25.7 Å². The predicted octanol–water partition coefficient (Wildman–Crippen LogP) is 2.71. The number of hydrogen-bond acceptors (Lipinski definition) is 7. The van der Waals surface area contributed by atoms with Crippen LogP contribution in [0.15, 0.2) is 48.7 Å². The van der Waals surface area contributed by atoms with Crippen molar-refractivity contribution in [1.82, 2.24) is 30.2 Å². The maximum absolute atomic E-state index is 12.8. The molecular formula is C24H25N7O2. The summed E-state index contributed by atoms with van der Waals surface area (Å²) in [6, 6.07) is 13.0. The molecule has 9 nitrogen and oxygen atoms in total. The summed E-state index contributed by atoms with van der Waals surface area (Å²) in [6.45, 7) is 3.25. The monoisotopic (exact) mass is 443 g/mol. The molecule has 0 radical (unpaired) electrons. The average Bonchev–Trinajstić information content (AvgIpc) is 3.08. The zero-order chi connectivity index (χ0) is 22.8. The number of nitrogens with one attached hydrogen (secondary N) is 2. The molecule has 4 N–H and O–H groups in total. The third-order valence-corrected chi connectivity index (χ3v) is 5.77. The van der Waals surface area contributed by atoms with Crippen molar-refractivity contribution < 1.29 is 9.53 Å². The maximum atomic E-state index is 12.8. The normalized spacial score (nSPS) is 14.3. The van der Waals surface area contributed by atoms with E-state index in [4.69, 9.17) is 15.5 Å². The largest absolute Gasteiger partial charge is 0.497 e. The van der Waals surface area contributed by atoms with Gasteiger partial charge in [0.2, 0.25) is 0 Å². The lowest BCUT2D eigenvalue weighted by atomic mass is 10.1. The second-order valence-corrected chi connectivity index (χ2v) is 7.93. The zero-order valence-corrected chi connectivity index (χ0v) is 18.3. The van der Waals surface area contributed by atoms with E-state index in [9.17, 15) is 4.79 Å². The number of carbonyl (C=O) groups is 1. The van der Waals surface area contributed by atoms with Crippen LogP contribution in [0.5, 0.6) is 5.75 Å². The summed E-state index contributed by atoms with van der Waals surface area (Å²) >= 11 is 0. The van der Waals surface area contributed by atoms with Gasteiger partial charge in [-0.3, -0.25) is 4.79 Å². The summed E-state index contributed by atoms with van der Waals surface area (Å²) in [5.74, 6) is 1.60. The molecule has 0 unspecified atom stereocenters. The molecule has 9 heteroatoms. The minimum Gasteiger partial charge on any atom is -0.497 e. The van der Waals surface area contributed by atoms with E-state index in [1.165, 1.54) is 0 Å². The molecule has 2 aromatic heterocycles. The quantitative estimate of drug-likeness (QED) is 0.443. The van der Waals surface area contributed by atoms with Crippen molar-refractivity contribution in [3.05, 3.63) is 54.2 Å². The number of nitrogen functional groups attached to an aromatic ring is 1. The number of aromatic amines is 1. The molecule has 4 aromatic rings. The lowest BCUT2D eigenvalue weighted by Gasteiger charge is -2.20. The van der Waals surface area contributed by atoms with Crippen molar-refractivity contribution in [2.24, 2.45) is 0 Å². The first-order valence-corrected chi connectivity index (χ1v) is 10.9. The third-order valence-electron chi connectivity index (χ3n) is 5.77. The number of fused-ring (bicyclic) bond motifs is 1. The fraction of sp³-hybridized carbons (Fsp3) is 0.250. The molecule has 33 heavy (non-hydrogen) atoms. The lowest BCUT2D eigenvalue weighted by Crippen LogP contribution is -2.34. The van der Waals surface area contributed by atoms with Crippen LogP contribution < -0.4 is 15.8 Å². The summed E-state index contributed by atoms with van der Waals surface area (Å²) in [5, 5.41) is 3.32. The number of nitrogens with two attached hydrogens (primary N) is 1. The van der Waals surface area contributed by atoms with Crippen LogP contribution in [-0.2, 0) is 0 Å². The van der Waals surface area contributed by atoms with Gasteiger partial charge in [-0.25, -0.2) is 15.0 Å². The smallest absolute Gasteiger partial charge is 0.253 e. The second-order valence-electron chi connectivity index (χ2n) is 7.93. The Balaban J connectivity index is 1.42. The molecule has 0 atom stereocenters. The first-order valence-electron chi connectivity index (χ1n) is 10.9. The van der Waals surface area contributed by atoms with E-state index in [1.54, 1.807) is 13.3 Å². The van der Waals surface area contributed by atoms with Crippen molar-refractivity contribution in [2.45, 2.75) is 6.42 Å². The molecule has 1 aliphatic heterocycles. The van der Waals surface area contributed by atoms with Crippen LogP contribution in [0.25, 0.3) is 33.8 Å². The Morgan fingerprint density at radius 1 is 1.09 bits per heavy atom. The number of hydrogen-bond donors (Lipinski definition) is 3. The number of benzene rings is 2. The number of methoxy groups -OCH3 is 1. The van der Waals surface area contributed by atoms with E-state index in [0.717, 1.165) is 54.9 Å². The van der Waals surface area contributed by atoms with Crippen LogP contribution in [0, 0.1) is 0 Å². The predicted molar refractivity (Wildman–Crippen MR) is 127 cm³/mol. The lowest BCUT2D eigenvalue weighted by molar-refractivity contribution is 0.0766. The maximum Gasteiger partial charge on any atom is 0.253 e. The molecule has 0 spiro atoms. The van der Waals surface area contributed by atoms with Crippen LogP contribution in [0.4, 0.5) is 5.82 Å². The van der Waals surface area contributed by atoms with Crippen LogP contribution in [0.1, 0.15) is 16.8 Å². The number of carbonyl (C=O) groups excluding carboxylic acids is 1. The molecule has 1 amide bonds. The van der Waals surface area contributed by atoms with Crippen LogP contribution in [-0.4, -0.2) is 64.0 Å². The minimum absolute atomic E-state index is 0.0482. The summed E-state index contributed by atoms with van der Waals surface area (Å²) in [5.41, 5.74) is 10.4. The summed E-state index contributed by atoms with van der Waals surface area (Å²) in [4.78, 5) is 31.6. The first kappa shape index (κ1) is 20.9. The third kappa shape index (κ3) is 4.22. The summed E-state index contributed by atoms with van der Waals surface area (Å²) in [7, 11) is 1.62. The molecule has 0 aliphatic carbocycles. The molecule has 2 aromatic carbocycles. The molecule has 1 aliphatic rings. The van der Waals surface area contributed by atoms with Gasteiger partial charge in [0.25, 0.3) is 5.91 Å². The minimum atomic E-state index is 0.0482. The topological polar surface area (TPSA) is 122 Å². The van der Waals surface area contributed by atoms with Crippen LogP contribution in [0.2, 0.25) is 0 Å². The number of rotatable bonds is 4.